The van der Waals surface area contributed by atoms with Crippen LogP contribution < -0.4 is 5.32 Å². The lowest BCUT2D eigenvalue weighted by Crippen LogP contribution is -2.13. The fourth-order valence-corrected chi connectivity index (χ4v) is 3.62. The van der Waals surface area contributed by atoms with E-state index >= 15 is 0 Å². The number of carbonyl (C=O) groups excluding carboxylic acids is 2. The lowest BCUT2D eigenvalue weighted by Gasteiger charge is -2.14. The average Bonchev–Trinajstić information content (AvgIpc) is 2.98. The number of cyclic esters (lactones) is 1. The van der Waals surface area contributed by atoms with Gasteiger partial charge in [-0.2, -0.15) is 0 Å². The van der Waals surface area contributed by atoms with Gasteiger partial charge < -0.3 is 14.8 Å². The number of hydrogen-bond donors (Lipinski definition) is 1. The molecule has 1 N–H and O–H groups in total. The Morgan fingerprint density at radius 1 is 1.35 bits per heavy atom. The molecule has 1 aliphatic rings. The van der Waals surface area contributed by atoms with Gasteiger partial charge in [-0.25, -0.2) is 9.59 Å². The molecule has 5 nitrogen and oxygen atoms in total. The van der Waals surface area contributed by atoms with Crippen molar-refractivity contribution in [2.24, 2.45) is 0 Å². The first-order valence-corrected chi connectivity index (χ1v) is 8.18. The summed E-state index contributed by atoms with van der Waals surface area (Å²) in [7, 11) is 0. The molecule has 0 radical (unpaired) electrons. The number of nitrogens with one attached hydrogen (secondary N) is 1. The largest absolute Gasteiger partial charge is 0.462 e. The third-order valence-electron chi connectivity index (χ3n) is 3.82. The Balaban J connectivity index is 1.94. The van der Waals surface area contributed by atoms with Gasteiger partial charge in [-0.05, 0) is 32.4 Å². The summed E-state index contributed by atoms with van der Waals surface area (Å²) in [5.74, 6) is -0.727. The smallest absolute Gasteiger partial charge is 0.341 e. The molecule has 3 rings (SSSR count). The van der Waals surface area contributed by atoms with Crippen molar-refractivity contribution in [3.63, 3.8) is 0 Å². The third-order valence-corrected chi connectivity index (χ3v) is 4.95. The molecule has 23 heavy (non-hydrogen) atoms. The highest BCUT2D eigenvalue weighted by Crippen LogP contribution is 2.38. The predicted molar refractivity (Wildman–Crippen MR) is 88.0 cm³/mol. The van der Waals surface area contributed by atoms with Crippen LogP contribution in [0.2, 0.25) is 0 Å². The number of carbonyl (C=O) groups is 2. The molecular weight excluding hydrogens is 314 g/mol. The molecular formula is C17H17NO4S. The Morgan fingerprint density at radius 2 is 2.09 bits per heavy atom. The summed E-state index contributed by atoms with van der Waals surface area (Å²) in [6, 6.07) is 7.23. The van der Waals surface area contributed by atoms with Gasteiger partial charge in [0, 0.05) is 10.4 Å². The minimum atomic E-state index is -0.593. The minimum Gasteiger partial charge on any atom is -0.462 e. The molecule has 120 valence electrons. The lowest BCUT2D eigenvalue weighted by molar-refractivity contribution is 0.0437. The average molecular weight is 331 g/mol. The van der Waals surface area contributed by atoms with Crippen molar-refractivity contribution in [3.05, 3.63) is 51.4 Å². The van der Waals surface area contributed by atoms with E-state index in [2.05, 4.69) is 5.32 Å². The molecule has 0 aliphatic carbocycles. The quantitative estimate of drug-likeness (QED) is 0.863. The van der Waals surface area contributed by atoms with Crippen LogP contribution in [0, 0.1) is 13.8 Å². The molecule has 2 heterocycles. The van der Waals surface area contributed by atoms with Crippen molar-refractivity contribution in [1.82, 2.24) is 0 Å². The maximum absolute atomic E-state index is 12.2. The Kier molecular flexibility index (Phi) is 4.09. The topological polar surface area (TPSA) is 64.6 Å². The number of fused-ring (bicyclic) bond motifs is 1. The minimum absolute atomic E-state index is 0.313. The van der Waals surface area contributed by atoms with Gasteiger partial charge in [0.05, 0.1) is 17.7 Å². The van der Waals surface area contributed by atoms with Crippen molar-refractivity contribution in [2.75, 3.05) is 11.9 Å². The summed E-state index contributed by atoms with van der Waals surface area (Å²) >= 11 is 1.45. The zero-order valence-corrected chi connectivity index (χ0v) is 14.0. The molecule has 2 aromatic rings. The van der Waals surface area contributed by atoms with Crippen LogP contribution in [-0.2, 0) is 9.47 Å². The molecule has 0 saturated carbocycles. The van der Waals surface area contributed by atoms with E-state index in [1.54, 1.807) is 19.1 Å². The number of thiophene rings is 1. The summed E-state index contributed by atoms with van der Waals surface area (Å²) in [5.41, 5.74) is 2.71. The molecule has 0 fully saturated rings. The predicted octanol–water partition coefficient (Wildman–Crippen LogP) is 3.82. The van der Waals surface area contributed by atoms with Crippen molar-refractivity contribution in [2.45, 2.75) is 27.0 Å². The Labute approximate surface area is 138 Å². The van der Waals surface area contributed by atoms with Crippen LogP contribution >= 0.6 is 11.3 Å². The molecule has 0 bridgehead atoms. The van der Waals surface area contributed by atoms with Crippen LogP contribution in [0.25, 0.3) is 0 Å². The summed E-state index contributed by atoms with van der Waals surface area (Å²) in [4.78, 5) is 25.2. The van der Waals surface area contributed by atoms with E-state index < -0.39 is 6.23 Å². The SMILES string of the molecule is CCOC(=O)c1c(N[C@H]2OC(=O)c3ccccc32)sc(C)c1C. The van der Waals surface area contributed by atoms with Gasteiger partial charge in [0.25, 0.3) is 0 Å². The summed E-state index contributed by atoms with van der Waals surface area (Å²) in [6.07, 6.45) is -0.593. The van der Waals surface area contributed by atoms with Gasteiger partial charge in [0.15, 0.2) is 0 Å². The first-order chi connectivity index (χ1) is 11.0. The molecule has 1 atom stereocenters. The number of esters is 2. The number of rotatable bonds is 4. The summed E-state index contributed by atoms with van der Waals surface area (Å²) < 4.78 is 10.5. The van der Waals surface area contributed by atoms with E-state index in [-0.39, 0.29) is 11.9 Å². The number of aryl methyl sites for hydroxylation is 1. The van der Waals surface area contributed by atoms with Crippen LogP contribution in [0.1, 0.15) is 49.9 Å². The van der Waals surface area contributed by atoms with Crippen molar-refractivity contribution >= 4 is 28.3 Å². The summed E-state index contributed by atoms with van der Waals surface area (Å²) in [5, 5.41) is 3.83. The van der Waals surface area contributed by atoms with Crippen LogP contribution in [0.5, 0.6) is 0 Å². The second-order valence-corrected chi connectivity index (χ2v) is 6.45. The van der Waals surface area contributed by atoms with Crippen molar-refractivity contribution < 1.29 is 19.1 Å². The highest BCUT2D eigenvalue weighted by molar-refractivity contribution is 7.16. The molecule has 1 aliphatic heterocycles. The number of ether oxygens (including phenoxy) is 2. The zero-order chi connectivity index (χ0) is 16.6. The standard InChI is InChI=1S/C17H17NO4S/c1-4-21-17(20)13-9(2)10(3)23-15(13)18-14-11-7-5-6-8-12(11)16(19)22-14/h5-8,14,18H,4H2,1-3H3/t14-/m0/s1. The molecule has 0 amide bonds. The molecule has 1 aromatic carbocycles. The number of hydrogen-bond acceptors (Lipinski definition) is 6. The molecule has 1 aromatic heterocycles. The van der Waals surface area contributed by atoms with Crippen LogP contribution in [0.15, 0.2) is 24.3 Å². The van der Waals surface area contributed by atoms with E-state index in [1.807, 2.05) is 26.0 Å². The zero-order valence-electron chi connectivity index (χ0n) is 13.1. The first-order valence-electron chi connectivity index (χ1n) is 7.36. The van der Waals surface area contributed by atoms with Gasteiger partial charge >= 0.3 is 11.9 Å². The van der Waals surface area contributed by atoms with Crippen molar-refractivity contribution in [1.29, 1.82) is 0 Å². The number of benzene rings is 1. The molecule has 0 unspecified atom stereocenters. The maximum Gasteiger partial charge on any atom is 0.341 e. The second-order valence-electron chi connectivity index (χ2n) is 5.22. The van der Waals surface area contributed by atoms with Gasteiger partial charge in [0.1, 0.15) is 5.00 Å². The van der Waals surface area contributed by atoms with E-state index in [0.29, 0.717) is 22.7 Å². The highest BCUT2D eigenvalue weighted by Gasteiger charge is 2.32. The molecule has 0 spiro atoms. The summed E-state index contributed by atoms with van der Waals surface area (Å²) in [6.45, 7) is 5.92. The van der Waals surface area contributed by atoms with Gasteiger partial charge in [0.2, 0.25) is 6.23 Å². The van der Waals surface area contributed by atoms with E-state index in [1.165, 1.54) is 11.3 Å². The first kappa shape index (κ1) is 15.6. The monoisotopic (exact) mass is 331 g/mol. The Morgan fingerprint density at radius 3 is 2.83 bits per heavy atom. The fraction of sp³-hybridized carbons (Fsp3) is 0.294. The van der Waals surface area contributed by atoms with Crippen LogP contribution in [-0.4, -0.2) is 18.5 Å². The van der Waals surface area contributed by atoms with Crippen LogP contribution in [0.4, 0.5) is 5.00 Å². The van der Waals surface area contributed by atoms with Gasteiger partial charge in [-0.1, -0.05) is 18.2 Å². The Hall–Kier alpha value is -2.34. The van der Waals surface area contributed by atoms with E-state index in [0.717, 1.165) is 16.0 Å². The van der Waals surface area contributed by atoms with Gasteiger partial charge in [-0.3, -0.25) is 0 Å². The van der Waals surface area contributed by atoms with E-state index in [9.17, 15) is 9.59 Å². The highest BCUT2D eigenvalue weighted by atomic mass is 32.1. The van der Waals surface area contributed by atoms with E-state index in [4.69, 9.17) is 9.47 Å². The van der Waals surface area contributed by atoms with Gasteiger partial charge in [-0.15, -0.1) is 11.3 Å². The fourth-order valence-electron chi connectivity index (χ4n) is 2.55. The number of anilines is 1. The maximum atomic E-state index is 12.2. The molecule has 0 saturated heterocycles. The third kappa shape index (κ3) is 2.70. The second kappa shape index (κ2) is 6.04. The molecule has 6 heteroatoms. The van der Waals surface area contributed by atoms with Crippen molar-refractivity contribution in [3.8, 4) is 0 Å². The lowest BCUT2D eigenvalue weighted by atomic mass is 10.1. The van der Waals surface area contributed by atoms with Crippen LogP contribution in [0.3, 0.4) is 0 Å². The Bertz CT molecular complexity index is 781. The normalized spacial score (nSPS) is 16.0.